The Balaban J connectivity index is 1.44. The Kier molecular flexibility index (Phi) is 5.99. The lowest BCUT2D eigenvalue weighted by atomic mass is 9.99. The van der Waals surface area contributed by atoms with Gasteiger partial charge < -0.3 is 21.1 Å². The van der Waals surface area contributed by atoms with Crippen molar-refractivity contribution in [2.45, 2.75) is 38.8 Å². The van der Waals surface area contributed by atoms with Gasteiger partial charge in [-0.05, 0) is 43.7 Å². The minimum atomic E-state index is -0.616. The van der Waals surface area contributed by atoms with Gasteiger partial charge in [0.1, 0.15) is 12.3 Å². The van der Waals surface area contributed by atoms with Gasteiger partial charge in [0.15, 0.2) is 0 Å². The Hall–Kier alpha value is -4.13. The molecule has 0 amide bonds. The van der Waals surface area contributed by atoms with Crippen LogP contribution in [0.3, 0.4) is 0 Å². The SMILES string of the molecule is CCCCC(=O)OCC1(C)Nc2cccc3c(N=Nc4ccc(N)c5ccccc45)ccc(c23)N1. The van der Waals surface area contributed by atoms with Crippen LogP contribution in [0.25, 0.3) is 21.5 Å². The van der Waals surface area contributed by atoms with Gasteiger partial charge in [-0.3, -0.25) is 4.79 Å². The largest absolute Gasteiger partial charge is 0.461 e. The summed E-state index contributed by atoms with van der Waals surface area (Å²) in [6.07, 6.45) is 2.24. The summed E-state index contributed by atoms with van der Waals surface area (Å²) >= 11 is 0. The molecule has 7 nitrogen and oxygen atoms in total. The van der Waals surface area contributed by atoms with E-state index in [9.17, 15) is 4.79 Å². The average Bonchev–Trinajstić information content (AvgIpc) is 2.87. The Labute approximate surface area is 204 Å². The zero-order valence-corrected chi connectivity index (χ0v) is 20.0. The Bertz CT molecular complexity index is 1430. The molecule has 5 rings (SSSR count). The second-order valence-electron chi connectivity index (χ2n) is 9.13. The first-order valence-corrected chi connectivity index (χ1v) is 11.9. The quantitative estimate of drug-likeness (QED) is 0.151. The molecule has 1 unspecified atom stereocenters. The summed E-state index contributed by atoms with van der Waals surface area (Å²) in [7, 11) is 0. The number of nitrogens with two attached hydrogens (primary N) is 1. The van der Waals surface area contributed by atoms with Crippen molar-refractivity contribution in [3.05, 3.63) is 66.7 Å². The number of unbranched alkanes of at least 4 members (excludes halogenated alkanes) is 1. The molecule has 4 aromatic carbocycles. The Morgan fingerprint density at radius 3 is 2.31 bits per heavy atom. The number of carbonyl (C=O) groups excluding carboxylic acids is 1. The maximum absolute atomic E-state index is 12.0. The number of anilines is 3. The maximum Gasteiger partial charge on any atom is 0.305 e. The number of benzene rings is 4. The molecule has 0 aromatic heterocycles. The highest BCUT2D eigenvalue weighted by Crippen LogP contribution is 2.42. The van der Waals surface area contributed by atoms with Crippen molar-refractivity contribution >= 4 is 56.0 Å². The molecule has 0 saturated heterocycles. The monoisotopic (exact) mass is 467 g/mol. The van der Waals surface area contributed by atoms with E-state index in [4.69, 9.17) is 10.5 Å². The molecule has 35 heavy (non-hydrogen) atoms. The van der Waals surface area contributed by atoms with Crippen LogP contribution < -0.4 is 16.4 Å². The summed E-state index contributed by atoms with van der Waals surface area (Å²) in [6, 6.07) is 21.7. The van der Waals surface area contributed by atoms with Crippen LogP contribution >= 0.6 is 0 Å². The van der Waals surface area contributed by atoms with Crippen molar-refractivity contribution in [2.24, 2.45) is 10.2 Å². The van der Waals surface area contributed by atoms with Crippen LogP contribution in [0, 0.1) is 0 Å². The summed E-state index contributed by atoms with van der Waals surface area (Å²) in [6.45, 7) is 4.26. The van der Waals surface area contributed by atoms with Crippen molar-refractivity contribution < 1.29 is 9.53 Å². The predicted octanol–water partition coefficient (Wildman–Crippen LogP) is 7.28. The molecule has 0 bridgehead atoms. The molecule has 0 fully saturated rings. The van der Waals surface area contributed by atoms with Crippen molar-refractivity contribution in [1.29, 1.82) is 0 Å². The standard InChI is InChI=1S/C28H29N5O2/c1-3-4-12-26(34)35-17-28(2)30-24-11-7-10-20-23(15-16-25(31-28)27(20)24)33-32-22-14-13-21(29)18-8-5-6-9-19(18)22/h5-11,13-16,30-31H,3-4,12,17,29H2,1-2H3. The second-order valence-corrected chi connectivity index (χ2v) is 9.13. The highest BCUT2D eigenvalue weighted by molar-refractivity contribution is 6.09. The first-order chi connectivity index (χ1) is 17.0. The summed E-state index contributed by atoms with van der Waals surface area (Å²) in [4.78, 5) is 12.0. The first kappa shape index (κ1) is 22.7. The lowest BCUT2D eigenvalue weighted by Crippen LogP contribution is -2.49. The number of hydrogen-bond donors (Lipinski definition) is 3. The van der Waals surface area contributed by atoms with Gasteiger partial charge in [-0.1, -0.05) is 49.7 Å². The molecule has 0 radical (unpaired) electrons. The summed E-state index contributed by atoms with van der Waals surface area (Å²) in [5.74, 6) is -0.174. The number of fused-ring (bicyclic) bond motifs is 1. The van der Waals surface area contributed by atoms with E-state index >= 15 is 0 Å². The molecule has 1 aliphatic heterocycles. The van der Waals surface area contributed by atoms with Crippen LogP contribution in [-0.4, -0.2) is 18.2 Å². The minimum Gasteiger partial charge on any atom is -0.461 e. The third-order valence-electron chi connectivity index (χ3n) is 6.30. The number of ether oxygens (including phenoxy) is 1. The predicted molar refractivity (Wildman–Crippen MR) is 143 cm³/mol. The summed E-state index contributed by atoms with van der Waals surface area (Å²) in [5, 5.41) is 20.1. The van der Waals surface area contributed by atoms with Gasteiger partial charge in [0.25, 0.3) is 0 Å². The van der Waals surface area contributed by atoms with E-state index in [1.807, 2.05) is 73.7 Å². The van der Waals surface area contributed by atoms with Crippen LogP contribution in [0.1, 0.15) is 33.1 Å². The van der Waals surface area contributed by atoms with E-state index in [2.05, 4.69) is 27.8 Å². The topological polar surface area (TPSA) is 101 Å². The molecule has 178 valence electrons. The fourth-order valence-corrected chi connectivity index (χ4v) is 4.50. The number of hydrogen-bond acceptors (Lipinski definition) is 7. The van der Waals surface area contributed by atoms with Gasteiger partial charge in [-0.25, -0.2) is 0 Å². The number of nitrogens with one attached hydrogen (secondary N) is 2. The molecule has 0 aliphatic carbocycles. The zero-order valence-electron chi connectivity index (χ0n) is 20.0. The van der Waals surface area contributed by atoms with E-state index < -0.39 is 5.66 Å². The Morgan fingerprint density at radius 1 is 0.886 bits per heavy atom. The van der Waals surface area contributed by atoms with Gasteiger partial charge in [-0.15, -0.1) is 10.2 Å². The van der Waals surface area contributed by atoms with Gasteiger partial charge in [0, 0.05) is 45.0 Å². The number of azo groups is 1. The maximum atomic E-state index is 12.0. The van der Waals surface area contributed by atoms with E-state index in [0.29, 0.717) is 6.42 Å². The smallest absolute Gasteiger partial charge is 0.305 e. The molecule has 0 spiro atoms. The molecule has 1 heterocycles. The van der Waals surface area contributed by atoms with Crippen LogP contribution in [0.2, 0.25) is 0 Å². The molecular weight excluding hydrogens is 438 g/mol. The van der Waals surface area contributed by atoms with Crippen LogP contribution in [0.15, 0.2) is 77.0 Å². The fourth-order valence-electron chi connectivity index (χ4n) is 4.50. The van der Waals surface area contributed by atoms with Crippen molar-refractivity contribution in [3.63, 3.8) is 0 Å². The number of carbonyl (C=O) groups is 1. The molecule has 4 N–H and O–H groups in total. The van der Waals surface area contributed by atoms with Gasteiger partial charge in [0.2, 0.25) is 0 Å². The van der Waals surface area contributed by atoms with E-state index in [-0.39, 0.29) is 12.6 Å². The lowest BCUT2D eigenvalue weighted by molar-refractivity contribution is -0.144. The lowest BCUT2D eigenvalue weighted by Gasteiger charge is -2.38. The third-order valence-corrected chi connectivity index (χ3v) is 6.30. The third kappa shape index (κ3) is 4.49. The van der Waals surface area contributed by atoms with Gasteiger partial charge in [-0.2, -0.15) is 0 Å². The van der Waals surface area contributed by atoms with Crippen molar-refractivity contribution in [2.75, 3.05) is 23.0 Å². The van der Waals surface area contributed by atoms with Gasteiger partial charge in [0.05, 0.1) is 11.4 Å². The molecule has 7 heteroatoms. The highest BCUT2D eigenvalue weighted by atomic mass is 16.5. The van der Waals surface area contributed by atoms with E-state index in [1.54, 1.807) is 0 Å². The fraction of sp³-hybridized carbons (Fsp3) is 0.250. The van der Waals surface area contributed by atoms with E-state index in [0.717, 1.165) is 62.8 Å². The summed E-state index contributed by atoms with van der Waals surface area (Å²) < 4.78 is 5.55. The van der Waals surface area contributed by atoms with Crippen LogP contribution in [-0.2, 0) is 9.53 Å². The van der Waals surface area contributed by atoms with E-state index in [1.165, 1.54) is 0 Å². The van der Waals surface area contributed by atoms with Gasteiger partial charge >= 0.3 is 5.97 Å². The molecular formula is C28H29N5O2. The molecule has 0 saturated carbocycles. The minimum absolute atomic E-state index is 0.174. The highest BCUT2D eigenvalue weighted by Gasteiger charge is 2.31. The molecule has 4 aromatic rings. The van der Waals surface area contributed by atoms with Crippen molar-refractivity contribution in [3.8, 4) is 0 Å². The summed E-state index contributed by atoms with van der Waals surface area (Å²) in [5.41, 5.74) is 9.68. The number of rotatable bonds is 7. The number of esters is 1. The molecule has 1 aliphatic rings. The second kappa shape index (κ2) is 9.25. The number of nitrogens with zero attached hydrogens (tertiary/aromatic N) is 2. The molecule has 1 atom stereocenters. The first-order valence-electron chi connectivity index (χ1n) is 11.9. The average molecular weight is 468 g/mol. The van der Waals surface area contributed by atoms with Crippen molar-refractivity contribution in [1.82, 2.24) is 0 Å². The zero-order chi connectivity index (χ0) is 24.4. The number of nitrogen functional groups attached to an aromatic ring is 1. The normalized spacial score (nSPS) is 16.9. The van der Waals surface area contributed by atoms with Crippen LogP contribution in [0.4, 0.5) is 28.4 Å². The van der Waals surface area contributed by atoms with Crippen LogP contribution in [0.5, 0.6) is 0 Å². The Morgan fingerprint density at radius 2 is 1.54 bits per heavy atom.